The van der Waals surface area contributed by atoms with Gasteiger partial charge in [0.2, 0.25) is 0 Å². The van der Waals surface area contributed by atoms with E-state index in [1.807, 2.05) is 20.9 Å². The van der Waals surface area contributed by atoms with Crippen molar-refractivity contribution in [1.82, 2.24) is 15.1 Å². The molecule has 1 atom stereocenters. The Balaban J connectivity index is 2.65. The number of aromatic nitrogens is 2. The van der Waals surface area contributed by atoms with Crippen LogP contribution in [0.15, 0.2) is 0 Å². The van der Waals surface area contributed by atoms with Crippen molar-refractivity contribution in [3.8, 4) is 0 Å². The number of hydrogen-bond donors (Lipinski definition) is 2. The first-order valence-electron chi connectivity index (χ1n) is 6.40. The molecule has 0 aliphatic heterocycles. The molecule has 0 aliphatic carbocycles. The maximum Gasteiger partial charge on any atom is 0.255 e. The van der Waals surface area contributed by atoms with E-state index in [1.54, 1.807) is 4.68 Å². The van der Waals surface area contributed by atoms with E-state index in [4.69, 9.17) is 5.11 Å². The Labute approximate surface area is 108 Å². The second kappa shape index (κ2) is 6.54. The Morgan fingerprint density at radius 1 is 1.50 bits per heavy atom. The number of carbonyl (C=O) groups is 1. The highest BCUT2D eigenvalue weighted by Crippen LogP contribution is 2.12. The minimum Gasteiger partial charge on any atom is -0.396 e. The molecule has 1 heterocycles. The van der Waals surface area contributed by atoms with E-state index < -0.39 is 0 Å². The molecule has 18 heavy (non-hydrogen) atoms. The van der Waals surface area contributed by atoms with Crippen LogP contribution in [-0.2, 0) is 7.05 Å². The topological polar surface area (TPSA) is 67.2 Å². The Morgan fingerprint density at radius 3 is 2.61 bits per heavy atom. The molecule has 0 saturated carbocycles. The summed E-state index contributed by atoms with van der Waals surface area (Å²) in [5.74, 6) is 0.255. The summed E-state index contributed by atoms with van der Waals surface area (Å²) in [6, 6.07) is 0. The average molecular weight is 253 g/mol. The number of amides is 1. The number of nitrogens with one attached hydrogen (secondary N) is 1. The number of carbonyl (C=O) groups excluding carboxylic acids is 1. The standard InChI is InChI=1S/C13H23N3O2/c1-5-11(6-7-17)8-14-13(18)12-9(2)15-16(4)10(12)3/h11,17H,5-8H2,1-4H3,(H,14,18). The lowest BCUT2D eigenvalue weighted by atomic mass is 10.0. The minimum atomic E-state index is -0.0745. The molecule has 5 nitrogen and oxygen atoms in total. The molecule has 1 rings (SSSR count). The largest absolute Gasteiger partial charge is 0.396 e. The smallest absolute Gasteiger partial charge is 0.255 e. The molecule has 1 aromatic rings. The molecule has 1 aromatic heterocycles. The van der Waals surface area contributed by atoms with Gasteiger partial charge in [0.25, 0.3) is 5.91 Å². The third-order valence-electron chi connectivity index (χ3n) is 3.40. The number of aliphatic hydroxyl groups excluding tert-OH is 1. The third-order valence-corrected chi connectivity index (χ3v) is 3.40. The zero-order valence-electron chi connectivity index (χ0n) is 11.7. The first kappa shape index (κ1) is 14.7. The van der Waals surface area contributed by atoms with Crippen LogP contribution in [-0.4, -0.2) is 33.9 Å². The van der Waals surface area contributed by atoms with E-state index in [0.717, 1.165) is 24.2 Å². The molecule has 2 N–H and O–H groups in total. The van der Waals surface area contributed by atoms with E-state index in [9.17, 15) is 4.79 Å². The maximum absolute atomic E-state index is 12.1. The summed E-state index contributed by atoms with van der Waals surface area (Å²) >= 11 is 0. The fourth-order valence-electron chi connectivity index (χ4n) is 2.06. The molecule has 0 spiro atoms. The van der Waals surface area contributed by atoms with Crippen molar-refractivity contribution in [2.75, 3.05) is 13.2 Å². The summed E-state index contributed by atoms with van der Waals surface area (Å²) in [6.07, 6.45) is 1.67. The van der Waals surface area contributed by atoms with Crippen LogP contribution in [0.25, 0.3) is 0 Å². The SMILES string of the molecule is CCC(CCO)CNC(=O)c1c(C)nn(C)c1C. The third kappa shape index (κ3) is 3.32. The predicted molar refractivity (Wildman–Crippen MR) is 70.5 cm³/mol. The second-order valence-electron chi connectivity index (χ2n) is 4.67. The highest BCUT2D eigenvalue weighted by atomic mass is 16.3. The van der Waals surface area contributed by atoms with Gasteiger partial charge in [-0.3, -0.25) is 9.48 Å². The van der Waals surface area contributed by atoms with E-state index in [1.165, 1.54) is 0 Å². The number of rotatable bonds is 6. The lowest BCUT2D eigenvalue weighted by molar-refractivity contribution is 0.0942. The summed E-state index contributed by atoms with van der Waals surface area (Å²) in [6.45, 7) is 6.56. The van der Waals surface area contributed by atoms with Crippen molar-refractivity contribution in [3.05, 3.63) is 17.0 Å². The first-order chi connectivity index (χ1) is 8.51. The quantitative estimate of drug-likeness (QED) is 0.800. The molecule has 5 heteroatoms. The molecule has 0 bridgehead atoms. The van der Waals surface area contributed by atoms with Crippen LogP contribution in [0.5, 0.6) is 0 Å². The van der Waals surface area contributed by atoms with E-state index >= 15 is 0 Å². The molecular formula is C13H23N3O2. The number of aliphatic hydroxyl groups is 1. The Morgan fingerprint density at radius 2 is 2.17 bits per heavy atom. The van der Waals surface area contributed by atoms with Gasteiger partial charge < -0.3 is 10.4 Å². The molecule has 0 aromatic carbocycles. The van der Waals surface area contributed by atoms with Crippen LogP contribution in [0, 0.1) is 19.8 Å². The lowest BCUT2D eigenvalue weighted by Gasteiger charge is -2.14. The van der Waals surface area contributed by atoms with Crippen molar-refractivity contribution >= 4 is 5.91 Å². The zero-order valence-corrected chi connectivity index (χ0v) is 11.7. The molecule has 1 unspecified atom stereocenters. The first-order valence-corrected chi connectivity index (χ1v) is 6.40. The number of aryl methyl sites for hydroxylation is 2. The normalized spacial score (nSPS) is 12.5. The maximum atomic E-state index is 12.1. The van der Waals surface area contributed by atoms with Crippen LogP contribution >= 0.6 is 0 Å². The fourth-order valence-corrected chi connectivity index (χ4v) is 2.06. The van der Waals surface area contributed by atoms with Crippen LogP contribution in [0.3, 0.4) is 0 Å². The molecule has 102 valence electrons. The predicted octanol–water partition coefficient (Wildman–Crippen LogP) is 1.18. The summed E-state index contributed by atoms with van der Waals surface area (Å²) in [7, 11) is 1.83. The summed E-state index contributed by atoms with van der Waals surface area (Å²) in [4.78, 5) is 12.1. The summed E-state index contributed by atoms with van der Waals surface area (Å²) in [5.41, 5.74) is 2.29. The Bertz CT molecular complexity index is 413. The zero-order chi connectivity index (χ0) is 13.7. The van der Waals surface area contributed by atoms with Crippen LogP contribution in [0.2, 0.25) is 0 Å². The van der Waals surface area contributed by atoms with Gasteiger partial charge in [0.1, 0.15) is 0 Å². The molecule has 0 saturated heterocycles. The van der Waals surface area contributed by atoms with Crippen molar-refractivity contribution in [3.63, 3.8) is 0 Å². The van der Waals surface area contributed by atoms with Gasteiger partial charge in [-0.05, 0) is 26.2 Å². The minimum absolute atomic E-state index is 0.0745. The summed E-state index contributed by atoms with van der Waals surface area (Å²) < 4.78 is 1.72. The van der Waals surface area contributed by atoms with Gasteiger partial charge in [0, 0.05) is 25.9 Å². The highest BCUT2D eigenvalue weighted by molar-refractivity contribution is 5.96. The Kier molecular flexibility index (Phi) is 5.34. The van der Waals surface area contributed by atoms with Gasteiger partial charge in [0.15, 0.2) is 0 Å². The van der Waals surface area contributed by atoms with Crippen LogP contribution in [0.4, 0.5) is 0 Å². The van der Waals surface area contributed by atoms with Gasteiger partial charge in [-0.25, -0.2) is 0 Å². The molecular weight excluding hydrogens is 230 g/mol. The average Bonchev–Trinajstić information content (AvgIpc) is 2.58. The monoisotopic (exact) mass is 253 g/mol. The van der Waals surface area contributed by atoms with Gasteiger partial charge >= 0.3 is 0 Å². The number of nitrogens with zero attached hydrogens (tertiary/aromatic N) is 2. The fraction of sp³-hybridized carbons (Fsp3) is 0.692. The molecule has 0 aliphatic rings. The lowest BCUT2D eigenvalue weighted by Crippen LogP contribution is -2.30. The molecule has 0 radical (unpaired) electrons. The second-order valence-corrected chi connectivity index (χ2v) is 4.67. The van der Waals surface area contributed by atoms with E-state index in [2.05, 4.69) is 17.3 Å². The van der Waals surface area contributed by atoms with Gasteiger partial charge in [-0.15, -0.1) is 0 Å². The molecule has 1 amide bonds. The van der Waals surface area contributed by atoms with Crippen molar-refractivity contribution in [1.29, 1.82) is 0 Å². The summed E-state index contributed by atoms with van der Waals surface area (Å²) in [5, 5.41) is 16.1. The van der Waals surface area contributed by atoms with E-state index in [-0.39, 0.29) is 12.5 Å². The van der Waals surface area contributed by atoms with Gasteiger partial charge in [-0.2, -0.15) is 5.10 Å². The highest BCUT2D eigenvalue weighted by Gasteiger charge is 2.17. The van der Waals surface area contributed by atoms with Gasteiger partial charge in [-0.1, -0.05) is 13.3 Å². The van der Waals surface area contributed by atoms with Crippen LogP contribution in [0.1, 0.15) is 41.5 Å². The molecule has 0 fully saturated rings. The van der Waals surface area contributed by atoms with Crippen LogP contribution < -0.4 is 5.32 Å². The number of hydrogen-bond acceptors (Lipinski definition) is 3. The van der Waals surface area contributed by atoms with E-state index in [0.29, 0.717) is 18.0 Å². The van der Waals surface area contributed by atoms with Crippen molar-refractivity contribution in [2.45, 2.75) is 33.6 Å². The Hall–Kier alpha value is -1.36. The van der Waals surface area contributed by atoms with Crippen molar-refractivity contribution < 1.29 is 9.90 Å². The van der Waals surface area contributed by atoms with Crippen molar-refractivity contribution in [2.24, 2.45) is 13.0 Å². The van der Waals surface area contributed by atoms with Gasteiger partial charge in [0.05, 0.1) is 11.3 Å².